The first-order valence-corrected chi connectivity index (χ1v) is 13.1. The van der Waals surface area contributed by atoms with Crippen molar-refractivity contribution in [2.75, 3.05) is 16.8 Å². The Labute approximate surface area is 222 Å². The number of benzene rings is 2. The number of aromatic nitrogens is 2. The van der Waals surface area contributed by atoms with Crippen molar-refractivity contribution in [2.45, 2.75) is 39.0 Å². The summed E-state index contributed by atoms with van der Waals surface area (Å²) in [6, 6.07) is 23.7. The van der Waals surface area contributed by atoms with E-state index in [9.17, 15) is 4.79 Å². The average molecular weight is 511 g/mol. The largest absolute Gasteiger partial charge is 0.370 e. The van der Waals surface area contributed by atoms with Crippen LogP contribution in [0.25, 0.3) is 11.0 Å². The number of hydrogen-bond acceptors (Lipinski definition) is 4. The van der Waals surface area contributed by atoms with Crippen molar-refractivity contribution in [1.29, 1.82) is 5.41 Å². The summed E-state index contributed by atoms with van der Waals surface area (Å²) >= 11 is 0. The van der Waals surface area contributed by atoms with Gasteiger partial charge in [-0.05, 0) is 61.4 Å². The molecular formula is C30H34N6O2. The van der Waals surface area contributed by atoms with Gasteiger partial charge in [0.15, 0.2) is 5.96 Å². The van der Waals surface area contributed by atoms with Crippen LogP contribution in [0.2, 0.25) is 0 Å². The maximum atomic E-state index is 13.2. The molecule has 0 radical (unpaired) electrons. The molecule has 38 heavy (non-hydrogen) atoms. The lowest BCUT2D eigenvalue weighted by Crippen LogP contribution is -2.41. The molecule has 5 rings (SSSR count). The van der Waals surface area contributed by atoms with Gasteiger partial charge in [0, 0.05) is 35.9 Å². The van der Waals surface area contributed by atoms with Gasteiger partial charge in [0.1, 0.15) is 12.4 Å². The summed E-state index contributed by atoms with van der Waals surface area (Å²) in [6.07, 6.45) is 7.16. The molecule has 1 aliphatic rings. The molecule has 196 valence electrons. The second kappa shape index (κ2) is 11.9. The Morgan fingerprint density at radius 1 is 1.03 bits per heavy atom. The average Bonchev–Trinajstić information content (AvgIpc) is 3.37. The van der Waals surface area contributed by atoms with Crippen molar-refractivity contribution >= 4 is 34.3 Å². The lowest BCUT2D eigenvalue weighted by Gasteiger charge is -2.32. The highest BCUT2D eigenvalue weighted by Gasteiger charge is 2.28. The number of hydrogen-bond donors (Lipinski definition) is 3. The predicted molar refractivity (Wildman–Crippen MR) is 151 cm³/mol. The Bertz CT molecular complexity index is 1360. The summed E-state index contributed by atoms with van der Waals surface area (Å²) in [4.78, 5) is 19.6. The molecule has 4 aromatic rings. The van der Waals surface area contributed by atoms with Crippen LogP contribution in [-0.4, -0.2) is 28.0 Å². The Morgan fingerprint density at radius 3 is 2.45 bits per heavy atom. The third kappa shape index (κ3) is 6.03. The zero-order chi connectivity index (χ0) is 26.3. The van der Waals surface area contributed by atoms with Crippen molar-refractivity contribution in [3.05, 3.63) is 90.8 Å². The maximum Gasteiger partial charge on any atom is 0.227 e. The quantitative estimate of drug-likeness (QED) is 0.208. The summed E-state index contributed by atoms with van der Waals surface area (Å²) < 4.78 is 7.83. The summed E-state index contributed by atoms with van der Waals surface area (Å²) in [6.45, 7) is 1.60. The van der Waals surface area contributed by atoms with Crippen molar-refractivity contribution in [3.63, 3.8) is 0 Å². The van der Waals surface area contributed by atoms with Crippen LogP contribution in [0.5, 0.6) is 0 Å². The molecule has 1 aliphatic carbocycles. The number of nitrogens with one attached hydrogen (secondary N) is 2. The molecule has 0 bridgehead atoms. The van der Waals surface area contributed by atoms with Crippen molar-refractivity contribution < 1.29 is 9.53 Å². The third-order valence-electron chi connectivity index (χ3n) is 7.28. The lowest BCUT2D eigenvalue weighted by molar-refractivity contribution is -0.121. The third-order valence-corrected chi connectivity index (χ3v) is 7.28. The second-order valence-corrected chi connectivity index (χ2v) is 9.88. The van der Waals surface area contributed by atoms with Gasteiger partial charge in [-0.3, -0.25) is 10.2 Å². The summed E-state index contributed by atoms with van der Waals surface area (Å²) in [5, 5.41) is 12.1. The number of guanidine groups is 1. The van der Waals surface area contributed by atoms with E-state index in [1.807, 2.05) is 88.5 Å². The molecule has 0 aliphatic heterocycles. The van der Waals surface area contributed by atoms with Crippen LogP contribution in [0.1, 0.15) is 31.2 Å². The fourth-order valence-electron chi connectivity index (χ4n) is 5.19. The standard InChI is InChI=1S/C30H34N6O2/c31-30(32)36(25-9-5-2-6-10-25)19-22-11-13-24(14-12-22)29(37)34-27-15-17-33-28-26(27)16-18-35(28)21-38-20-23-7-3-1-4-8-23/h1-10,15-18,22,24H,11-14,19-21H2,(H3,31,32)(H,33,34,37). The number of amides is 1. The molecule has 2 aromatic carbocycles. The van der Waals surface area contributed by atoms with Gasteiger partial charge < -0.3 is 25.3 Å². The summed E-state index contributed by atoms with van der Waals surface area (Å²) in [5.74, 6) is 0.458. The SMILES string of the molecule is N=C(N)N(CC1CCC(C(=O)Nc2ccnc3c2ccn3COCc2ccccc2)CC1)c1ccccc1. The fraction of sp³-hybridized carbons (Fsp3) is 0.300. The molecule has 1 saturated carbocycles. The number of ether oxygens (including phenoxy) is 1. The van der Waals surface area contributed by atoms with Crippen molar-refractivity contribution in [3.8, 4) is 0 Å². The Kier molecular flexibility index (Phi) is 7.99. The van der Waals surface area contributed by atoms with E-state index in [0.717, 1.165) is 53.7 Å². The van der Waals surface area contributed by atoms with E-state index >= 15 is 0 Å². The molecule has 8 heteroatoms. The van der Waals surface area contributed by atoms with Crippen LogP contribution < -0.4 is 16.0 Å². The van der Waals surface area contributed by atoms with E-state index < -0.39 is 0 Å². The number of para-hydroxylation sites is 1. The van der Waals surface area contributed by atoms with Crippen LogP contribution in [-0.2, 0) is 22.9 Å². The Morgan fingerprint density at radius 2 is 1.74 bits per heavy atom. The van der Waals surface area contributed by atoms with Gasteiger partial charge in [-0.1, -0.05) is 48.5 Å². The van der Waals surface area contributed by atoms with Crippen LogP contribution in [0.3, 0.4) is 0 Å². The van der Waals surface area contributed by atoms with Gasteiger partial charge in [-0.25, -0.2) is 4.98 Å². The first-order chi connectivity index (χ1) is 18.6. The highest BCUT2D eigenvalue weighted by molar-refractivity contribution is 6.01. The van der Waals surface area contributed by atoms with E-state index in [0.29, 0.717) is 25.8 Å². The van der Waals surface area contributed by atoms with Crippen molar-refractivity contribution in [2.24, 2.45) is 17.6 Å². The van der Waals surface area contributed by atoms with Crippen LogP contribution in [0.15, 0.2) is 85.2 Å². The van der Waals surface area contributed by atoms with Gasteiger partial charge in [0.2, 0.25) is 5.91 Å². The van der Waals surface area contributed by atoms with Gasteiger partial charge in [-0.2, -0.15) is 0 Å². The molecule has 0 atom stereocenters. The molecule has 0 spiro atoms. The number of nitrogens with zero attached hydrogens (tertiary/aromatic N) is 3. The molecule has 0 unspecified atom stereocenters. The zero-order valence-electron chi connectivity index (χ0n) is 21.4. The van der Waals surface area contributed by atoms with Crippen LogP contribution in [0.4, 0.5) is 11.4 Å². The van der Waals surface area contributed by atoms with Crippen molar-refractivity contribution in [1.82, 2.24) is 9.55 Å². The Balaban J connectivity index is 1.16. The highest BCUT2D eigenvalue weighted by Crippen LogP contribution is 2.32. The minimum Gasteiger partial charge on any atom is -0.370 e. The minimum absolute atomic E-state index is 0.0340. The van der Waals surface area contributed by atoms with E-state index in [-0.39, 0.29) is 17.8 Å². The number of anilines is 2. The van der Waals surface area contributed by atoms with Crippen LogP contribution in [0, 0.1) is 17.2 Å². The number of pyridine rings is 1. The monoisotopic (exact) mass is 510 g/mol. The predicted octanol–water partition coefficient (Wildman–Crippen LogP) is 5.36. The van der Waals surface area contributed by atoms with Gasteiger partial charge in [0.05, 0.1) is 12.3 Å². The molecule has 8 nitrogen and oxygen atoms in total. The van der Waals surface area contributed by atoms with Crippen LogP contribution >= 0.6 is 0 Å². The van der Waals surface area contributed by atoms with E-state index in [4.69, 9.17) is 15.9 Å². The molecule has 2 aromatic heterocycles. The lowest BCUT2D eigenvalue weighted by atomic mass is 9.81. The highest BCUT2D eigenvalue weighted by atomic mass is 16.5. The number of carbonyl (C=O) groups is 1. The van der Waals surface area contributed by atoms with Gasteiger partial charge in [-0.15, -0.1) is 0 Å². The summed E-state index contributed by atoms with van der Waals surface area (Å²) in [7, 11) is 0. The first-order valence-electron chi connectivity index (χ1n) is 13.1. The van der Waals surface area contributed by atoms with E-state index in [1.54, 1.807) is 6.20 Å². The maximum absolute atomic E-state index is 13.2. The molecule has 1 fully saturated rings. The number of nitrogens with two attached hydrogens (primary N) is 1. The zero-order valence-corrected chi connectivity index (χ0v) is 21.4. The smallest absolute Gasteiger partial charge is 0.227 e. The fourth-order valence-corrected chi connectivity index (χ4v) is 5.19. The van der Waals surface area contributed by atoms with Gasteiger partial charge in [0.25, 0.3) is 0 Å². The number of rotatable bonds is 9. The molecular weight excluding hydrogens is 476 g/mol. The normalized spacial score (nSPS) is 17.3. The molecule has 4 N–H and O–H groups in total. The molecule has 1 amide bonds. The molecule has 0 saturated heterocycles. The number of carbonyl (C=O) groups excluding carboxylic acids is 1. The minimum atomic E-state index is -0.0340. The topological polar surface area (TPSA) is 109 Å². The van der Waals surface area contributed by atoms with Gasteiger partial charge >= 0.3 is 0 Å². The first kappa shape index (κ1) is 25.5. The Hall–Kier alpha value is -4.17. The number of fused-ring (bicyclic) bond motifs is 1. The molecule has 2 heterocycles. The van der Waals surface area contributed by atoms with E-state index in [1.165, 1.54) is 0 Å². The van der Waals surface area contributed by atoms with E-state index in [2.05, 4.69) is 10.3 Å². The second-order valence-electron chi connectivity index (χ2n) is 9.88. The summed E-state index contributed by atoms with van der Waals surface area (Å²) in [5.41, 5.74) is 9.48.